The third-order valence-corrected chi connectivity index (χ3v) is 5.09. The number of carbonyl (C=O) groups excluding carboxylic acids is 1. The summed E-state index contributed by atoms with van der Waals surface area (Å²) in [5.74, 6) is -0.886. The number of hydrogen-bond acceptors (Lipinski definition) is 5. The number of aromatic nitrogens is 3. The standard InChI is InChI=1S/C20H19F4N5O2/c21-14-2-1-13-8-28(4-3-12(13)5-14)9-15(30)6-26-19(31)16-10-29-11-17(20(22,23)24)25-7-18(29)27-16/h1-2,5,7,10-11,15,30H,3-4,6,8-9H2,(H,26,31)/t15-/m0/s1. The number of amides is 1. The fourth-order valence-electron chi connectivity index (χ4n) is 3.55. The van der Waals surface area contributed by atoms with Crippen LogP contribution in [0.25, 0.3) is 5.65 Å². The fraction of sp³-hybridized carbons (Fsp3) is 0.350. The average Bonchev–Trinajstić information content (AvgIpc) is 3.15. The summed E-state index contributed by atoms with van der Waals surface area (Å²) in [6.07, 6.45) is -1.92. The molecule has 2 aromatic heterocycles. The van der Waals surface area contributed by atoms with Crippen LogP contribution in [0.3, 0.4) is 0 Å². The van der Waals surface area contributed by atoms with Crippen LogP contribution in [0, 0.1) is 5.82 Å². The molecule has 0 unspecified atom stereocenters. The van der Waals surface area contributed by atoms with Crippen LogP contribution in [0.2, 0.25) is 0 Å². The first-order valence-electron chi connectivity index (χ1n) is 9.57. The second kappa shape index (κ2) is 8.23. The summed E-state index contributed by atoms with van der Waals surface area (Å²) < 4.78 is 52.7. The monoisotopic (exact) mass is 437 g/mol. The zero-order valence-corrected chi connectivity index (χ0v) is 16.2. The second-order valence-corrected chi connectivity index (χ2v) is 7.42. The molecule has 0 radical (unpaired) electrons. The number of hydrogen-bond donors (Lipinski definition) is 2. The van der Waals surface area contributed by atoms with Crippen molar-refractivity contribution in [3.05, 3.63) is 65.1 Å². The number of halogens is 4. The smallest absolute Gasteiger partial charge is 0.390 e. The molecule has 4 rings (SSSR count). The van der Waals surface area contributed by atoms with Crippen molar-refractivity contribution in [2.45, 2.75) is 25.2 Å². The molecule has 0 bridgehead atoms. The number of nitrogens with zero attached hydrogens (tertiary/aromatic N) is 4. The lowest BCUT2D eigenvalue weighted by Crippen LogP contribution is -2.42. The Hall–Kier alpha value is -3.05. The maximum absolute atomic E-state index is 13.3. The van der Waals surface area contributed by atoms with E-state index in [-0.39, 0.29) is 23.7 Å². The van der Waals surface area contributed by atoms with Crippen molar-refractivity contribution >= 4 is 11.6 Å². The van der Waals surface area contributed by atoms with Gasteiger partial charge in [0.15, 0.2) is 11.3 Å². The number of carbonyl (C=O) groups is 1. The molecule has 0 aliphatic carbocycles. The van der Waals surface area contributed by atoms with Crippen LogP contribution in [-0.4, -0.2) is 56.0 Å². The van der Waals surface area contributed by atoms with Crippen molar-refractivity contribution in [2.24, 2.45) is 0 Å². The number of nitrogens with one attached hydrogen (secondary N) is 1. The number of fused-ring (bicyclic) bond motifs is 2. The Labute approximate surface area is 174 Å². The maximum Gasteiger partial charge on any atom is 0.434 e. The van der Waals surface area contributed by atoms with E-state index in [1.54, 1.807) is 6.07 Å². The van der Waals surface area contributed by atoms with E-state index < -0.39 is 23.9 Å². The summed E-state index contributed by atoms with van der Waals surface area (Å²) in [5.41, 5.74) is 0.879. The van der Waals surface area contributed by atoms with E-state index in [0.29, 0.717) is 26.1 Å². The molecule has 7 nitrogen and oxygen atoms in total. The first-order chi connectivity index (χ1) is 14.7. The number of aliphatic hydroxyl groups is 1. The van der Waals surface area contributed by atoms with E-state index >= 15 is 0 Å². The Balaban J connectivity index is 1.32. The highest BCUT2D eigenvalue weighted by Gasteiger charge is 2.33. The molecule has 1 atom stereocenters. The molecule has 11 heteroatoms. The number of imidazole rings is 1. The van der Waals surface area contributed by atoms with Crippen LogP contribution < -0.4 is 5.32 Å². The molecular weight excluding hydrogens is 418 g/mol. The Bertz CT molecular complexity index is 1110. The summed E-state index contributed by atoms with van der Waals surface area (Å²) in [6, 6.07) is 4.65. The highest BCUT2D eigenvalue weighted by molar-refractivity contribution is 5.92. The van der Waals surface area contributed by atoms with Crippen molar-refractivity contribution in [1.82, 2.24) is 24.6 Å². The molecule has 0 spiro atoms. The number of alkyl halides is 3. The quantitative estimate of drug-likeness (QED) is 0.597. The molecule has 2 N–H and O–H groups in total. The molecule has 3 aromatic rings. The summed E-state index contributed by atoms with van der Waals surface area (Å²) in [6.45, 7) is 1.48. The van der Waals surface area contributed by atoms with Gasteiger partial charge in [-0.2, -0.15) is 13.2 Å². The Morgan fingerprint density at radius 2 is 2.06 bits per heavy atom. The first-order valence-corrected chi connectivity index (χ1v) is 9.57. The van der Waals surface area contributed by atoms with Gasteiger partial charge in [0.1, 0.15) is 11.5 Å². The topological polar surface area (TPSA) is 82.8 Å². The molecule has 3 heterocycles. The first kappa shape index (κ1) is 21.2. The highest BCUT2D eigenvalue weighted by Crippen LogP contribution is 2.27. The second-order valence-electron chi connectivity index (χ2n) is 7.42. The lowest BCUT2D eigenvalue weighted by atomic mass is 9.99. The molecule has 0 saturated heterocycles. The third-order valence-electron chi connectivity index (χ3n) is 5.09. The summed E-state index contributed by atoms with van der Waals surface area (Å²) in [4.78, 5) is 21.6. The van der Waals surface area contributed by atoms with E-state index in [1.165, 1.54) is 18.3 Å². The van der Waals surface area contributed by atoms with Gasteiger partial charge in [-0.05, 0) is 29.7 Å². The number of benzene rings is 1. The molecule has 1 aliphatic heterocycles. The van der Waals surface area contributed by atoms with Gasteiger partial charge in [0.2, 0.25) is 0 Å². The van der Waals surface area contributed by atoms with Gasteiger partial charge in [0.25, 0.3) is 5.91 Å². The highest BCUT2D eigenvalue weighted by atomic mass is 19.4. The van der Waals surface area contributed by atoms with E-state index in [0.717, 1.165) is 27.9 Å². The molecule has 0 saturated carbocycles. The lowest BCUT2D eigenvalue weighted by molar-refractivity contribution is -0.141. The van der Waals surface area contributed by atoms with Gasteiger partial charge in [0, 0.05) is 38.6 Å². The molecule has 0 fully saturated rings. The van der Waals surface area contributed by atoms with E-state index in [1.807, 2.05) is 4.90 Å². The van der Waals surface area contributed by atoms with Crippen molar-refractivity contribution in [1.29, 1.82) is 0 Å². The summed E-state index contributed by atoms with van der Waals surface area (Å²) in [5, 5.41) is 12.8. The number of rotatable bonds is 5. The van der Waals surface area contributed by atoms with Gasteiger partial charge in [-0.15, -0.1) is 0 Å². The molecular formula is C20H19F4N5O2. The van der Waals surface area contributed by atoms with Crippen LogP contribution in [0.1, 0.15) is 27.3 Å². The summed E-state index contributed by atoms with van der Waals surface area (Å²) in [7, 11) is 0. The van der Waals surface area contributed by atoms with Crippen LogP contribution in [0.4, 0.5) is 17.6 Å². The van der Waals surface area contributed by atoms with Gasteiger partial charge in [-0.1, -0.05) is 6.07 Å². The molecule has 31 heavy (non-hydrogen) atoms. The number of aliphatic hydroxyl groups excluding tert-OH is 1. The van der Waals surface area contributed by atoms with Crippen LogP contribution >= 0.6 is 0 Å². The van der Waals surface area contributed by atoms with Crippen LogP contribution in [-0.2, 0) is 19.1 Å². The largest absolute Gasteiger partial charge is 0.434 e. The fourth-order valence-corrected chi connectivity index (χ4v) is 3.55. The van der Waals surface area contributed by atoms with Crippen molar-refractivity contribution in [2.75, 3.05) is 19.6 Å². The maximum atomic E-state index is 13.3. The predicted molar refractivity (Wildman–Crippen MR) is 102 cm³/mol. The van der Waals surface area contributed by atoms with Crippen LogP contribution in [0.15, 0.2) is 36.8 Å². The van der Waals surface area contributed by atoms with Gasteiger partial charge in [-0.25, -0.2) is 14.4 Å². The minimum atomic E-state index is -4.60. The van der Waals surface area contributed by atoms with Crippen molar-refractivity contribution < 1.29 is 27.5 Å². The van der Waals surface area contributed by atoms with Crippen molar-refractivity contribution in [3.63, 3.8) is 0 Å². The van der Waals surface area contributed by atoms with Gasteiger partial charge < -0.3 is 14.8 Å². The molecule has 1 aromatic carbocycles. The van der Waals surface area contributed by atoms with E-state index in [4.69, 9.17) is 0 Å². The van der Waals surface area contributed by atoms with E-state index in [2.05, 4.69) is 15.3 Å². The molecule has 1 amide bonds. The zero-order valence-electron chi connectivity index (χ0n) is 16.2. The Kier molecular flexibility index (Phi) is 5.63. The Morgan fingerprint density at radius 1 is 1.26 bits per heavy atom. The van der Waals surface area contributed by atoms with Crippen molar-refractivity contribution in [3.8, 4) is 0 Å². The third kappa shape index (κ3) is 4.83. The molecule has 1 aliphatic rings. The average molecular weight is 437 g/mol. The zero-order chi connectivity index (χ0) is 22.2. The number of β-amino-alcohol motifs (C(OH)–C–C–N with tert-alkyl or cyclic N) is 1. The van der Waals surface area contributed by atoms with Gasteiger partial charge in [-0.3, -0.25) is 9.69 Å². The predicted octanol–water partition coefficient (Wildman–Crippen LogP) is 2.04. The van der Waals surface area contributed by atoms with Gasteiger partial charge >= 0.3 is 6.18 Å². The Morgan fingerprint density at radius 3 is 2.84 bits per heavy atom. The lowest BCUT2D eigenvalue weighted by Gasteiger charge is -2.30. The summed E-state index contributed by atoms with van der Waals surface area (Å²) >= 11 is 0. The van der Waals surface area contributed by atoms with Gasteiger partial charge in [0.05, 0.1) is 12.3 Å². The minimum absolute atomic E-state index is 0.0501. The molecule has 164 valence electrons. The SMILES string of the molecule is O=C(NC[C@H](O)CN1CCc2cc(F)ccc2C1)c1cn2cc(C(F)(F)F)ncc2n1. The normalized spacial score (nSPS) is 15.6. The minimum Gasteiger partial charge on any atom is -0.390 e. The van der Waals surface area contributed by atoms with Crippen LogP contribution in [0.5, 0.6) is 0 Å². The van der Waals surface area contributed by atoms with E-state index in [9.17, 15) is 27.5 Å².